The number of H-pyrrole nitrogens is 1. The van der Waals surface area contributed by atoms with Crippen molar-refractivity contribution in [3.05, 3.63) is 30.0 Å². The van der Waals surface area contributed by atoms with Crippen LogP contribution in [0, 0.1) is 0 Å². The van der Waals surface area contributed by atoms with Gasteiger partial charge < -0.3 is 20.1 Å². The van der Waals surface area contributed by atoms with E-state index in [0.717, 1.165) is 43.4 Å². The number of carboxylic acid groups (broad SMARTS) is 1. The van der Waals surface area contributed by atoms with Crippen LogP contribution in [0.3, 0.4) is 0 Å². The monoisotopic (exact) mass is 385 g/mol. The first-order chi connectivity index (χ1) is 13.6. The molecule has 3 N–H and O–H groups in total. The number of hydrogen-bond donors (Lipinski definition) is 3. The van der Waals surface area contributed by atoms with Crippen LogP contribution in [0.1, 0.15) is 50.0 Å². The van der Waals surface area contributed by atoms with E-state index in [1.807, 2.05) is 12.1 Å². The summed E-state index contributed by atoms with van der Waals surface area (Å²) in [5.41, 5.74) is 2.35. The van der Waals surface area contributed by atoms with Crippen LogP contribution in [0.15, 0.2) is 24.4 Å². The van der Waals surface area contributed by atoms with Gasteiger partial charge in [0.15, 0.2) is 0 Å². The minimum absolute atomic E-state index is 0.0815. The van der Waals surface area contributed by atoms with E-state index >= 15 is 0 Å². The van der Waals surface area contributed by atoms with Gasteiger partial charge in [-0.15, -0.1) is 0 Å². The molecule has 1 aromatic heterocycles. The molecule has 2 fully saturated rings. The molecule has 2 aliphatic rings. The summed E-state index contributed by atoms with van der Waals surface area (Å²) in [6.07, 6.45) is 6.35. The lowest BCUT2D eigenvalue weighted by molar-refractivity contribution is -0.126. The van der Waals surface area contributed by atoms with Gasteiger partial charge in [0, 0.05) is 29.7 Å². The van der Waals surface area contributed by atoms with Crippen molar-refractivity contribution in [3.63, 3.8) is 0 Å². The fourth-order valence-electron chi connectivity index (χ4n) is 4.76. The summed E-state index contributed by atoms with van der Waals surface area (Å²) >= 11 is 0. The number of carbonyl (C=O) groups is 2. The van der Waals surface area contributed by atoms with Crippen LogP contribution in [0.2, 0.25) is 0 Å². The Balaban J connectivity index is 1.46. The second kappa shape index (κ2) is 7.73. The Hall–Kier alpha value is -2.70. The predicted molar refractivity (Wildman–Crippen MR) is 106 cm³/mol. The van der Waals surface area contributed by atoms with E-state index < -0.39 is 12.1 Å². The third kappa shape index (κ3) is 3.53. The molecule has 0 spiro atoms. The molecule has 1 saturated heterocycles. The number of nitrogens with zero attached hydrogens (tertiary/aromatic N) is 1. The fraction of sp³-hybridized carbons (Fsp3) is 0.524. The highest BCUT2D eigenvalue weighted by atomic mass is 16.5. The van der Waals surface area contributed by atoms with Gasteiger partial charge in [-0.3, -0.25) is 9.69 Å². The molecule has 1 aromatic carbocycles. The third-order valence-corrected chi connectivity index (χ3v) is 6.18. The molecule has 150 valence electrons. The zero-order chi connectivity index (χ0) is 19.7. The highest BCUT2D eigenvalue weighted by molar-refractivity contribution is 5.86. The minimum Gasteiger partial charge on any atom is -0.497 e. The van der Waals surface area contributed by atoms with Crippen molar-refractivity contribution < 1.29 is 19.4 Å². The van der Waals surface area contributed by atoms with Gasteiger partial charge in [-0.05, 0) is 61.8 Å². The average molecular weight is 385 g/mol. The number of aromatic nitrogens is 1. The predicted octanol–water partition coefficient (Wildman–Crippen LogP) is 3.46. The quantitative estimate of drug-likeness (QED) is 0.751. The topological polar surface area (TPSA) is 94.7 Å². The van der Waals surface area contributed by atoms with E-state index in [2.05, 4.69) is 22.6 Å². The zero-order valence-electron chi connectivity index (χ0n) is 16.1. The van der Waals surface area contributed by atoms with Gasteiger partial charge in [0.05, 0.1) is 7.11 Å². The first-order valence-electron chi connectivity index (χ1n) is 10.0. The van der Waals surface area contributed by atoms with Crippen LogP contribution < -0.4 is 10.1 Å². The molecule has 2 unspecified atom stereocenters. The summed E-state index contributed by atoms with van der Waals surface area (Å²) in [6, 6.07) is 5.57. The SMILES string of the molecule is COc1ccc2[nH]cc([C@@H]3CCCC(NC(=O)C4CCCN4C(=O)O)C3)c2c1. The van der Waals surface area contributed by atoms with Crippen LogP contribution in [0.4, 0.5) is 4.79 Å². The van der Waals surface area contributed by atoms with Crippen molar-refractivity contribution in [2.24, 2.45) is 0 Å². The second-order valence-electron chi connectivity index (χ2n) is 7.86. The van der Waals surface area contributed by atoms with E-state index in [1.54, 1.807) is 7.11 Å². The maximum Gasteiger partial charge on any atom is 0.407 e. The number of benzene rings is 1. The first kappa shape index (κ1) is 18.7. The molecule has 0 radical (unpaired) electrons. The van der Waals surface area contributed by atoms with Crippen LogP contribution in [0.25, 0.3) is 10.9 Å². The standard InChI is InChI=1S/C21H27N3O4/c1-28-15-7-8-18-16(11-15)17(12-22-18)13-4-2-5-14(10-13)23-20(25)19-6-3-9-24(19)21(26)27/h7-8,11-14,19,22H,2-6,9-10H2,1H3,(H,23,25)(H,26,27)/t13-,14?,19?/m1/s1. The van der Waals surface area contributed by atoms with Crippen molar-refractivity contribution in [3.8, 4) is 5.75 Å². The summed E-state index contributed by atoms with van der Waals surface area (Å²) in [4.78, 5) is 28.6. The molecule has 2 heterocycles. The lowest BCUT2D eigenvalue weighted by Crippen LogP contribution is -2.49. The van der Waals surface area contributed by atoms with Gasteiger partial charge in [0.2, 0.25) is 5.91 Å². The molecular formula is C21H27N3O4. The Kier molecular flexibility index (Phi) is 5.15. The Morgan fingerprint density at radius 3 is 2.89 bits per heavy atom. The number of amides is 2. The number of aromatic amines is 1. The smallest absolute Gasteiger partial charge is 0.407 e. The molecule has 3 atom stereocenters. The normalized spacial score (nSPS) is 25.0. The molecule has 4 rings (SSSR count). The Morgan fingerprint density at radius 1 is 1.25 bits per heavy atom. The zero-order valence-corrected chi connectivity index (χ0v) is 16.1. The number of ether oxygens (including phenoxy) is 1. The number of nitrogens with one attached hydrogen (secondary N) is 2. The van der Waals surface area contributed by atoms with Crippen molar-refractivity contribution in [1.82, 2.24) is 15.2 Å². The number of fused-ring (bicyclic) bond motifs is 1. The van der Waals surface area contributed by atoms with Gasteiger partial charge in [-0.2, -0.15) is 0 Å². The van der Waals surface area contributed by atoms with E-state index in [-0.39, 0.29) is 11.9 Å². The Bertz CT molecular complexity index is 878. The molecule has 7 heteroatoms. The van der Waals surface area contributed by atoms with Gasteiger partial charge in [0.1, 0.15) is 11.8 Å². The molecule has 2 amide bonds. The molecule has 1 aliphatic heterocycles. The molecular weight excluding hydrogens is 358 g/mol. The second-order valence-corrected chi connectivity index (χ2v) is 7.86. The molecule has 7 nitrogen and oxygen atoms in total. The van der Waals surface area contributed by atoms with Crippen LogP contribution in [0.5, 0.6) is 5.75 Å². The van der Waals surface area contributed by atoms with Crippen molar-refractivity contribution in [1.29, 1.82) is 0 Å². The Morgan fingerprint density at radius 2 is 2.11 bits per heavy atom. The van der Waals surface area contributed by atoms with E-state index in [4.69, 9.17) is 4.74 Å². The van der Waals surface area contributed by atoms with E-state index in [0.29, 0.717) is 18.9 Å². The van der Waals surface area contributed by atoms with Crippen molar-refractivity contribution in [2.45, 2.75) is 56.5 Å². The van der Waals surface area contributed by atoms with Crippen LogP contribution in [-0.4, -0.2) is 52.7 Å². The molecule has 2 aromatic rings. The largest absolute Gasteiger partial charge is 0.497 e. The number of hydrogen-bond acceptors (Lipinski definition) is 3. The summed E-state index contributed by atoms with van der Waals surface area (Å²) in [5.74, 6) is 1.05. The summed E-state index contributed by atoms with van der Waals surface area (Å²) in [5, 5.41) is 13.6. The van der Waals surface area contributed by atoms with E-state index in [9.17, 15) is 14.7 Å². The third-order valence-electron chi connectivity index (χ3n) is 6.18. The van der Waals surface area contributed by atoms with Crippen LogP contribution >= 0.6 is 0 Å². The highest BCUT2D eigenvalue weighted by Gasteiger charge is 2.35. The first-order valence-corrected chi connectivity index (χ1v) is 10.0. The molecule has 1 saturated carbocycles. The number of methoxy groups -OCH3 is 1. The van der Waals surface area contributed by atoms with E-state index in [1.165, 1.54) is 15.8 Å². The van der Waals surface area contributed by atoms with Crippen LogP contribution in [-0.2, 0) is 4.79 Å². The maximum atomic E-state index is 12.7. The number of rotatable bonds is 4. The summed E-state index contributed by atoms with van der Waals surface area (Å²) in [6.45, 7) is 0.442. The van der Waals surface area contributed by atoms with Gasteiger partial charge in [-0.25, -0.2) is 4.79 Å². The number of carbonyl (C=O) groups excluding carboxylic acids is 1. The lowest BCUT2D eigenvalue weighted by Gasteiger charge is -2.31. The van der Waals surface area contributed by atoms with Crippen molar-refractivity contribution in [2.75, 3.05) is 13.7 Å². The van der Waals surface area contributed by atoms with Crippen molar-refractivity contribution >= 4 is 22.9 Å². The molecule has 1 aliphatic carbocycles. The number of likely N-dealkylation sites (tertiary alicyclic amines) is 1. The van der Waals surface area contributed by atoms with Gasteiger partial charge in [0.25, 0.3) is 0 Å². The summed E-state index contributed by atoms with van der Waals surface area (Å²) in [7, 11) is 1.67. The average Bonchev–Trinajstić information content (AvgIpc) is 3.35. The molecule has 0 bridgehead atoms. The van der Waals surface area contributed by atoms with Gasteiger partial charge >= 0.3 is 6.09 Å². The maximum absolute atomic E-state index is 12.7. The minimum atomic E-state index is -1.01. The fourth-order valence-corrected chi connectivity index (χ4v) is 4.76. The highest BCUT2D eigenvalue weighted by Crippen LogP contribution is 2.37. The Labute approximate surface area is 164 Å². The summed E-state index contributed by atoms with van der Waals surface area (Å²) < 4.78 is 5.37. The lowest BCUT2D eigenvalue weighted by atomic mass is 9.81. The van der Waals surface area contributed by atoms with Gasteiger partial charge in [-0.1, -0.05) is 6.42 Å². The molecule has 28 heavy (non-hydrogen) atoms.